The van der Waals surface area contributed by atoms with E-state index in [2.05, 4.69) is 5.32 Å². The van der Waals surface area contributed by atoms with Gasteiger partial charge in [-0.1, -0.05) is 89.4 Å². The van der Waals surface area contributed by atoms with Crippen molar-refractivity contribution in [3.63, 3.8) is 0 Å². The molecule has 0 aliphatic heterocycles. The minimum absolute atomic E-state index is 0.0114. The second-order valence-corrected chi connectivity index (χ2v) is 12.4. The van der Waals surface area contributed by atoms with Gasteiger partial charge in [0.1, 0.15) is 12.6 Å². The van der Waals surface area contributed by atoms with Crippen LogP contribution < -0.4 is 9.62 Å². The zero-order chi connectivity index (χ0) is 30.3. The minimum atomic E-state index is -4.19. The predicted octanol–water partition coefficient (Wildman–Crippen LogP) is 5.88. The van der Waals surface area contributed by atoms with Crippen molar-refractivity contribution in [3.8, 4) is 0 Å². The maximum atomic E-state index is 14.3. The first kappa shape index (κ1) is 31.1. The van der Waals surface area contributed by atoms with E-state index in [-0.39, 0.29) is 23.5 Å². The van der Waals surface area contributed by atoms with Gasteiger partial charge in [-0.3, -0.25) is 13.9 Å². The van der Waals surface area contributed by atoms with Gasteiger partial charge in [0.25, 0.3) is 10.0 Å². The second-order valence-electron chi connectivity index (χ2n) is 9.73. The van der Waals surface area contributed by atoms with E-state index in [0.717, 1.165) is 15.4 Å². The summed E-state index contributed by atoms with van der Waals surface area (Å²) in [6.07, 6.45) is 0.211. The maximum Gasteiger partial charge on any atom is 0.264 e. The highest BCUT2D eigenvalue weighted by Gasteiger charge is 2.34. The highest BCUT2D eigenvalue weighted by atomic mass is 35.5. The third-order valence-corrected chi connectivity index (χ3v) is 9.23. The van der Waals surface area contributed by atoms with Crippen molar-refractivity contribution >= 4 is 50.7 Å². The van der Waals surface area contributed by atoms with E-state index >= 15 is 0 Å². The molecule has 0 heterocycles. The lowest BCUT2D eigenvalue weighted by Crippen LogP contribution is -2.53. The number of aryl methyl sites for hydroxylation is 1. The Kier molecular flexibility index (Phi) is 10.3. The molecule has 7 nitrogen and oxygen atoms in total. The molecule has 42 heavy (non-hydrogen) atoms. The van der Waals surface area contributed by atoms with Crippen LogP contribution >= 0.6 is 23.2 Å². The molecular formula is C32H31Cl2N3O4S. The summed E-state index contributed by atoms with van der Waals surface area (Å²) in [5, 5.41) is 3.50. The summed E-state index contributed by atoms with van der Waals surface area (Å²) in [5.41, 5.74) is 2.60. The molecule has 0 saturated carbocycles. The van der Waals surface area contributed by atoms with Crippen molar-refractivity contribution in [2.45, 2.75) is 30.8 Å². The summed E-state index contributed by atoms with van der Waals surface area (Å²) in [5.74, 6) is -0.969. The Morgan fingerprint density at radius 2 is 1.45 bits per heavy atom. The molecule has 0 saturated heterocycles. The number of amides is 2. The van der Waals surface area contributed by atoms with Crippen molar-refractivity contribution in [2.75, 3.05) is 17.9 Å². The van der Waals surface area contributed by atoms with E-state index in [4.69, 9.17) is 23.2 Å². The molecule has 4 aromatic carbocycles. The number of hydrogen-bond acceptors (Lipinski definition) is 4. The molecule has 0 aromatic heterocycles. The molecule has 4 rings (SSSR count). The molecule has 218 valence electrons. The fourth-order valence-electron chi connectivity index (χ4n) is 4.50. The predicted molar refractivity (Wildman–Crippen MR) is 167 cm³/mol. The van der Waals surface area contributed by atoms with Gasteiger partial charge in [-0.05, 0) is 60.5 Å². The summed E-state index contributed by atoms with van der Waals surface area (Å²) in [6.45, 7) is 1.28. The van der Waals surface area contributed by atoms with Gasteiger partial charge >= 0.3 is 0 Å². The highest BCUT2D eigenvalue weighted by molar-refractivity contribution is 7.92. The zero-order valence-electron chi connectivity index (χ0n) is 23.2. The van der Waals surface area contributed by atoms with E-state index in [1.807, 2.05) is 37.3 Å². The van der Waals surface area contributed by atoms with Gasteiger partial charge in [-0.25, -0.2) is 8.42 Å². The van der Waals surface area contributed by atoms with Gasteiger partial charge in [0, 0.05) is 30.1 Å². The van der Waals surface area contributed by atoms with E-state index in [0.29, 0.717) is 15.6 Å². The number of nitrogens with one attached hydrogen (secondary N) is 1. The van der Waals surface area contributed by atoms with Crippen molar-refractivity contribution in [1.82, 2.24) is 10.2 Å². The number of sulfonamides is 1. The van der Waals surface area contributed by atoms with Gasteiger partial charge in [-0.2, -0.15) is 0 Å². The zero-order valence-corrected chi connectivity index (χ0v) is 25.5. The number of nitrogens with zero attached hydrogens (tertiary/aromatic N) is 2. The van der Waals surface area contributed by atoms with E-state index in [1.54, 1.807) is 60.7 Å². The van der Waals surface area contributed by atoms with Crippen molar-refractivity contribution in [1.29, 1.82) is 0 Å². The Hall–Kier alpha value is -3.85. The molecular weight excluding hydrogens is 593 g/mol. The third-order valence-electron chi connectivity index (χ3n) is 6.82. The topological polar surface area (TPSA) is 86.8 Å². The summed E-state index contributed by atoms with van der Waals surface area (Å²) in [4.78, 5) is 29.0. The van der Waals surface area contributed by atoms with Gasteiger partial charge in [0.05, 0.1) is 10.6 Å². The van der Waals surface area contributed by atoms with Gasteiger partial charge in [-0.15, -0.1) is 0 Å². The van der Waals surface area contributed by atoms with Crippen LogP contribution in [0.1, 0.15) is 16.7 Å². The van der Waals surface area contributed by atoms with Crippen LogP contribution in [0.15, 0.2) is 108 Å². The average Bonchev–Trinajstić information content (AvgIpc) is 2.99. The van der Waals surface area contributed by atoms with Crippen LogP contribution in [0.2, 0.25) is 10.0 Å². The number of likely N-dealkylation sites (N-methyl/N-ethyl adjacent to an activating group) is 1. The quantitative estimate of drug-likeness (QED) is 0.226. The first-order valence-corrected chi connectivity index (χ1v) is 15.4. The third kappa shape index (κ3) is 7.50. The Morgan fingerprint density at radius 1 is 0.833 bits per heavy atom. The van der Waals surface area contributed by atoms with Gasteiger partial charge in [0.15, 0.2) is 0 Å². The fraction of sp³-hybridized carbons (Fsp3) is 0.188. The van der Waals surface area contributed by atoms with Gasteiger partial charge < -0.3 is 10.2 Å². The smallest absolute Gasteiger partial charge is 0.264 e. The molecule has 2 amide bonds. The molecule has 0 unspecified atom stereocenters. The molecule has 0 bridgehead atoms. The molecule has 4 aromatic rings. The molecule has 10 heteroatoms. The molecule has 0 aliphatic carbocycles. The fourth-order valence-corrected chi connectivity index (χ4v) is 6.24. The van der Waals surface area contributed by atoms with E-state index in [1.165, 1.54) is 24.1 Å². The normalized spacial score (nSPS) is 11.9. The van der Waals surface area contributed by atoms with Crippen LogP contribution in [0.3, 0.4) is 0 Å². The molecule has 0 aliphatic rings. The molecule has 1 atom stereocenters. The van der Waals surface area contributed by atoms with Crippen molar-refractivity contribution in [2.24, 2.45) is 0 Å². The first-order chi connectivity index (χ1) is 20.1. The molecule has 0 spiro atoms. The Labute approximate surface area is 256 Å². The maximum absolute atomic E-state index is 14.3. The number of carbonyl (C=O) groups is 2. The van der Waals surface area contributed by atoms with Crippen molar-refractivity contribution < 1.29 is 18.0 Å². The van der Waals surface area contributed by atoms with Crippen LogP contribution in [0, 0.1) is 6.92 Å². The summed E-state index contributed by atoms with van der Waals surface area (Å²) in [6, 6.07) is 28.0. The number of rotatable bonds is 11. The number of halogens is 2. The summed E-state index contributed by atoms with van der Waals surface area (Å²) in [7, 11) is -2.69. The largest absolute Gasteiger partial charge is 0.357 e. The Balaban J connectivity index is 1.79. The van der Waals surface area contributed by atoms with Crippen LogP contribution in [0.25, 0.3) is 0 Å². The lowest BCUT2D eigenvalue weighted by molar-refractivity contribution is -0.139. The lowest BCUT2D eigenvalue weighted by Gasteiger charge is -2.33. The van der Waals surface area contributed by atoms with Crippen molar-refractivity contribution in [3.05, 3.63) is 130 Å². The number of hydrogen-bond donors (Lipinski definition) is 1. The number of benzene rings is 4. The minimum Gasteiger partial charge on any atom is -0.357 e. The van der Waals surface area contributed by atoms with Crippen LogP contribution in [-0.2, 0) is 32.6 Å². The van der Waals surface area contributed by atoms with Crippen LogP contribution in [0.4, 0.5) is 5.69 Å². The Bertz CT molecular complexity index is 1630. The number of anilines is 1. The van der Waals surface area contributed by atoms with Crippen LogP contribution in [0.5, 0.6) is 0 Å². The molecule has 1 N–H and O–H groups in total. The SMILES string of the molecule is CNC(=O)[C@H](Cc1ccccc1)N(Cc1ccccc1Cl)C(=O)CN(c1ccc(Cl)cc1)S(=O)(=O)c1ccc(C)cc1. The Morgan fingerprint density at radius 3 is 2.07 bits per heavy atom. The molecule has 0 fully saturated rings. The second kappa shape index (κ2) is 13.9. The summed E-state index contributed by atoms with van der Waals surface area (Å²) < 4.78 is 29.0. The summed E-state index contributed by atoms with van der Waals surface area (Å²) >= 11 is 12.6. The lowest BCUT2D eigenvalue weighted by atomic mass is 10.0. The van der Waals surface area contributed by atoms with E-state index in [9.17, 15) is 18.0 Å². The monoisotopic (exact) mass is 623 g/mol. The molecule has 0 radical (unpaired) electrons. The highest BCUT2D eigenvalue weighted by Crippen LogP contribution is 2.27. The van der Waals surface area contributed by atoms with Gasteiger partial charge in [0.2, 0.25) is 11.8 Å². The first-order valence-electron chi connectivity index (χ1n) is 13.2. The standard InChI is InChI=1S/C32H31Cl2N3O4S/c1-23-12-18-28(19-13-23)42(40,41)37(27-16-14-26(33)15-17-27)22-31(38)36(21-25-10-6-7-11-29(25)34)30(32(39)35-2)20-24-8-4-3-5-9-24/h3-19,30H,20-22H2,1-2H3,(H,35,39)/t30-/m0/s1. The van der Waals surface area contributed by atoms with E-state index < -0.39 is 34.4 Å². The van der Waals surface area contributed by atoms with Crippen LogP contribution in [-0.4, -0.2) is 44.8 Å². The number of carbonyl (C=O) groups excluding carboxylic acids is 2. The average molecular weight is 625 g/mol.